The van der Waals surface area contributed by atoms with Crippen molar-refractivity contribution in [3.8, 4) is 11.5 Å². The number of rotatable bonds is 6. The summed E-state index contributed by atoms with van der Waals surface area (Å²) in [5.41, 5.74) is 1.38. The predicted molar refractivity (Wildman–Crippen MR) is 117 cm³/mol. The van der Waals surface area contributed by atoms with Gasteiger partial charge in [-0.1, -0.05) is 0 Å². The average Bonchev–Trinajstić information content (AvgIpc) is 2.72. The number of benzene rings is 1. The van der Waals surface area contributed by atoms with Crippen molar-refractivity contribution >= 4 is 23.4 Å². The fourth-order valence-electron chi connectivity index (χ4n) is 4.14. The molecule has 2 aromatic rings. The number of hydrogen-bond donors (Lipinski definition) is 1. The summed E-state index contributed by atoms with van der Waals surface area (Å²) in [5, 5.41) is 3.23. The number of carbonyl (C=O) groups excluding carboxylic acids is 1. The third-order valence-corrected chi connectivity index (χ3v) is 6.15. The zero-order valence-electron chi connectivity index (χ0n) is 19.1. The highest BCUT2D eigenvalue weighted by atomic mass is 19.4. The van der Waals surface area contributed by atoms with E-state index < -0.39 is 17.9 Å². The molecule has 4 rings (SSSR count). The van der Waals surface area contributed by atoms with Gasteiger partial charge in [0.2, 0.25) is 11.9 Å². The Kier molecular flexibility index (Phi) is 6.17. The summed E-state index contributed by atoms with van der Waals surface area (Å²) in [6.07, 6.45) is -3.75. The molecule has 0 spiro atoms. The van der Waals surface area contributed by atoms with Gasteiger partial charge in [-0.3, -0.25) is 4.79 Å². The molecule has 1 aromatic heterocycles. The number of likely N-dealkylation sites (N-methyl/N-ethyl adjacent to an activating group) is 2. The second-order valence-corrected chi connectivity index (χ2v) is 8.59. The summed E-state index contributed by atoms with van der Waals surface area (Å²) in [5.74, 6) is -0.503. The first-order chi connectivity index (χ1) is 15.9. The Hall–Kier alpha value is -3.31. The van der Waals surface area contributed by atoms with Crippen molar-refractivity contribution in [3.63, 3.8) is 0 Å². The van der Waals surface area contributed by atoms with Crippen molar-refractivity contribution in [1.29, 1.82) is 0 Å². The maximum absolute atomic E-state index is 13.8. The van der Waals surface area contributed by atoms with E-state index in [-0.39, 0.29) is 29.7 Å². The van der Waals surface area contributed by atoms with Crippen molar-refractivity contribution in [2.45, 2.75) is 45.2 Å². The number of halogens is 4. The predicted octanol–water partition coefficient (Wildman–Crippen LogP) is 3.89. The van der Waals surface area contributed by atoms with Gasteiger partial charge in [-0.2, -0.15) is 4.98 Å². The highest BCUT2D eigenvalue weighted by molar-refractivity contribution is 6.04. The summed E-state index contributed by atoms with van der Waals surface area (Å²) in [6, 6.07) is 2.70. The van der Waals surface area contributed by atoms with Gasteiger partial charge in [-0.25, -0.2) is 9.37 Å². The van der Waals surface area contributed by atoms with E-state index in [0.29, 0.717) is 42.5 Å². The van der Waals surface area contributed by atoms with Gasteiger partial charge in [0.1, 0.15) is 17.5 Å². The molecule has 1 N–H and O–H groups in total. The summed E-state index contributed by atoms with van der Waals surface area (Å²) in [4.78, 5) is 24.9. The van der Waals surface area contributed by atoms with E-state index in [1.165, 1.54) is 6.07 Å². The number of aryl methyl sites for hydroxylation is 1. The lowest BCUT2D eigenvalue weighted by Crippen LogP contribution is -2.50. The minimum absolute atomic E-state index is 0.0229. The van der Waals surface area contributed by atoms with Gasteiger partial charge >= 0.3 is 6.36 Å². The topological polar surface area (TPSA) is 79.8 Å². The molecule has 1 saturated carbocycles. The molecule has 2 aliphatic rings. The quantitative estimate of drug-likeness (QED) is 0.625. The number of carbonyl (C=O) groups is 1. The van der Waals surface area contributed by atoms with Gasteiger partial charge in [0, 0.05) is 26.7 Å². The van der Waals surface area contributed by atoms with E-state index in [1.807, 2.05) is 25.8 Å². The Morgan fingerprint density at radius 3 is 2.56 bits per heavy atom. The van der Waals surface area contributed by atoms with E-state index in [1.54, 1.807) is 11.9 Å². The van der Waals surface area contributed by atoms with E-state index in [9.17, 15) is 22.4 Å². The molecular weight excluding hydrogens is 458 g/mol. The monoisotopic (exact) mass is 483 g/mol. The third-order valence-electron chi connectivity index (χ3n) is 6.15. The van der Waals surface area contributed by atoms with Crippen LogP contribution < -0.4 is 24.6 Å². The molecule has 1 aromatic carbocycles. The van der Waals surface area contributed by atoms with Crippen molar-refractivity contribution < 1.29 is 31.8 Å². The van der Waals surface area contributed by atoms with Gasteiger partial charge in [-0.15, -0.1) is 13.2 Å². The largest absolute Gasteiger partial charge is 0.573 e. The van der Waals surface area contributed by atoms with Crippen LogP contribution in [-0.2, 0) is 4.79 Å². The number of nitrogens with one attached hydrogen (secondary N) is 1. The van der Waals surface area contributed by atoms with Crippen LogP contribution in [0.15, 0.2) is 18.2 Å². The molecule has 8 nitrogen and oxygen atoms in total. The van der Waals surface area contributed by atoms with Crippen LogP contribution in [0.3, 0.4) is 0 Å². The number of hydrogen-bond acceptors (Lipinski definition) is 7. The number of anilines is 3. The summed E-state index contributed by atoms with van der Waals surface area (Å²) < 4.78 is 59.9. The SMILES string of the molecule is Cc1nc(NCC2CC(Oc3ccc(OC(F)(F)F)c(F)c3)C2)nc2c1N(C)C(=O)[C@H](C)N2C. The first kappa shape index (κ1) is 23.8. The molecule has 2 heterocycles. The van der Waals surface area contributed by atoms with E-state index >= 15 is 0 Å². The highest BCUT2D eigenvalue weighted by Crippen LogP contribution is 2.37. The molecule has 12 heteroatoms. The molecule has 0 saturated heterocycles. The van der Waals surface area contributed by atoms with Crippen molar-refractivity contribution in [3.05, 3.63) is 29.7 Å². The van der Waals surface area contributed by atoms with Crippen LogP contribution in [0, 0.1) is 18.7 Å². The van der Waals surface area contributed by atoms with Gasteiger partial charge in [0.05, 0.1) is 11.8 Å². The van der Waals surface area contributed by atoms with Crippen molar-refractivity contribution in [2.75, 3.05) is 35.8 Å². The second-order valence-electron chi connectivity index (χ2n) is 8.59. The number of ether oxygens (including phenoxy) is 2. The fraction of sp³-hybridized carbons (Fsp3) is 0.500. The maximum Gasteiger partial charge on any atom is 0.573 e. The lowest BCUT2D eigenvalue weighted by molar-refractivity contribution is -0.275. The highest BCUT2D eigenvalue weighted by Gasteiger charge is 2.36. The molecule has 1 atom stereocenters. The first-order valence-corrected chi connectivity index (χ1v) is 10.8. The molecule has 34 heavy (non-hydrogen) atoms. The average molecular weight is 483 g/mol. The van der Waals surface area contributed by atoms with E-state index in [2.05, 4.69) is 20.0 Å². The van der Waals surface area contributed by atoms with Gasteiger partial charge in [0.15, 0.2) is 17.4 Å². The number of aromatic nitrogens is 2. The molecule has 0 bridgehead atoms. The van der Waals surface area contributed by atoms with Crippen LogP contribution in [0.5, 0.6) is 11.5 Å². The Labute approximate surface area is 193 Å². The lowest BCUT2D eigenvalue weighted by Gasteiger charge is -2.38. The van der Waals surface area contributed by atoms with Gasteiger partial charge in [-0.05, 0) is 44.7 Å². The Morgan fingerprint density at radius 1 is 1.21 bits per heavy atom. The summed E-state index contributed by atoms with van der Waals surface area (Å²) in [6.45, 7) is 4.25. The molecule has 1 aliphatic carbocycles. The zero-order chi connectivity index (χ0) is 24.8. The van der Waals surface area contributed by atoms with Gasteiger partial charge < -0.3 is 24.6 Å². The summed E-state index contributed by atoms with van der Waals surface area (Å²) in [7, 11) is 3.54. The minimum atomic E-state index is -4.96. The number of alkyl halides is 3. The molecule has 1 fully saturated rings. The van der Waals surface area contributed by atoms with Crippen molar-refractivity contribution in [2.24, 2.45) is 5.92 Å². The van der Waals surface area contributed by atoms with E-state index in [0.717, 1.165) is 12.1 Å². The fourth-order valence-corrected chi connectivity index (χ4v) is 4.14. The third kappa shape index (κ3) is 4.80. The minimum Gasteiger partial charge on any atom is -0.490 e. The normalized spacial score (nSPS) is 22.2. The standard InChI is InChI=1S/C22H25F4N5O3/c1-11-18-19(30(3)12(2)20(32)31(18)4)29-21(28-11)27-10-13-7-15(8-13)33-14-5-6-17(16(23)9-14)34-22(24,25)26/h5-6,9,12-13,15H,7-8,10H2,1-4H3,(H,27,28,29)/t12-,13?,15?/m0/s1. The van der Waals surface area contributed by atoms with Gasteiger partial charge in [0.25, 0.3) is 0 Å². The Bertz CT molecular complexity index is 1090. The molecule has 0 radical (unpaired) electrons. The van der Waals surface area contributed by atoms with Crippen LogP contribution in [-0.4, -0.2) is 55.0 Å². The molecule has 184 valence electrons. The van der Waals surface area contributed by atoms with Crippen molar-refractivity contribution in [1.82, 2.24) is 9.97 Å². The Morgan fingerprint density at radius 2 is 1.91 bits per heavy atom. The lowest BCUT2D eigenvalue weighted by atomic mass is 9.82. The number of amides is 1. The van der Waals surface area contributed by atoms with Crippen LogP contribution in [0.25, 0.3) is 0 Å². The van der Waals surface area contributed by atoms with E-state index in [4.69, 9.17) is 4.74 Å². The smallest absolute Gasteiger partial charge is 0.490 e. The molecule has 1 aliphatic heterocycles. The first-order valence-electron chi connectivity index (χ1n) is 10.8. The summed E-state index contributed by atoms with van der Waals surface area (Å²) >= 11 is 0. The number of fused-ring (bicyclic) bond motifs is 1. The van der Waals surface area contributed by atoms with Crippen LogP contribution in [0.2, 0.25) is 0 Å². The van der Waals surface area contributed by atoms with Crippen LogP contribution in [0.4, 0.5) is 35.0 Å². The van der Waals surface area contributed by atoms with Crippen LogP contribution in [0.1, 0.15) is 25.5 Å². The number of nitrogens with zero attached hydrogens (tertiary/aromatic N) is 4. The Balaban J connectivity index is 1.31. The van der Waals surface area contributed by atoms with Crippen LogP contribution >= 0.6 is 0 Å². The second kappa shape index (κ2) is 8.80. The zero-order valence-corrected chi connectivity index (χ0v) is 19.1. The maximum atomic E-state index is 13.8. The molecule has 0 unspecified atom stereocenters. The molecule has 1 amide bonds. The molecular formula is C22H25F4N5O3.